The van der Waals surface area contributed by atoms with Crippen molar-refractivity contribution in [2.75, 3.05) is 37.4 Å². The Hall–Kier alpha value is -1.89. The normalized spacial score (nSPS) is 18.6. The van der Waals surface area contributed by atoms with Crippen LogP contribution in [0.15, 0.2) is 0 Å². The fourth-order valence-electron chi connectivity index (χ4n) is 2.42. The zero-order valence-corrected chi connectivity index (χ0v) is 12.8. The van der Waals surface area contributed by atoms with Crippen molar-refractivity contribution in [2.45, 2.75) is 32.7 Å². The Bertz CT molecular complexity index is 520. The molecule has 0 spiro atoms. The number of amides is 1. The lowest BCUT2D eigenvalue weighted by molar-refractivity contribution is -0.124. The van der Waals surface area contributed by atoms with E-state index in [1.165, 1.54) is 0 Å². The van der Waals surface area contributed by atoms with Crippen LogP contribution >= 0.6 is 0 Å². The van der Waals surface area contributed by atoms with Crippen molar-refractivity contribution in [3.63, 3.8) is 0 Å². The Morgan fingerprint density at radius 3 is 2.95 bits per heavy atom. The zero-order chi connectivity index (χ0) is 15.4. The summed E-state index contributed by atoms with van der Waals surface area (Å²) in [5.74, 6) is 1.86. The lowest BCUT2D eigenvalue weighted by Crippen LogP contribution is -2.54. The van der Waals surface area contributed by atoms with E-state index >= 15 is 0 Å². The second-order valence-corrected chi connectivity index (χ2v) is 5.12. The molecule has 1 saturated heterocycles. The van der Waals surface area contributed by atoms with E-state index in [0.717, 1.165) is 30.0 Å². The quantitative estimate of drug-likeness (QED) is 0.828. The molecule has 1 aliphatic rings. The number of nitrogens with zero attached hydrogens (tertiary/aromatic N) is 3. The van der Waals surface area contributed by atoms with Gasteiger partial charge in [-0.2, -0.15) is 0 Å². The van der Waals surface area contributed by atoms with Gasteiger partial charge in [-0.25, -0.2) is 9.97 Å². The van der Waals surface area contributed by atoms with E-state index in [1.807, 2.05) is 11.8 Å². The van der Waals surface area contributed by atoms with Gasteiger partial charge in [-0.3, -0.25) is 4.79 Å². The van der Waals surface area contributed by atoms with Gasteiger partial charge in [0, 0.05) is 25.6 Å². The summed E-state index contributed by atoms with van der Waals surface area (Å²) in [4.78, 5) is 22.9. The van der Waals surface area contributed by atoms with Gasteiger partial charge in [0.1, 0.15) is 23.5 Å². The highest BCUT2D eigenvalue weighted by atomic mass is 16.5. The molecule has 2 rings (SSSR count). The number of anilines is 2. The van der Waals surface area contributed by atoms with Gasteiger partial charge in [0.05, 0.1) is 13.2 Å². The Morgan fingerprint density at radius 1 is 1.52 bits per heavy atom. The second-order valence-electron chi connectivity index (χ2n) is 5.12. The number of ether oxygens (including phenoxy) is 1. The van der Waals surface area contributed by atoms with Crippen LogP contribution in [0, 0.1) is 6.92 Å². The number of carbonyl (C=O) groups excluding carboxylic acids is 1. The minimum absolute atomic E-state index is 0.0803. The fraction of sp³-hybridized carbons (Fsp3) is 0.643. The number of morpholine rings is 1. The molecule has 3 N–H and O–H groups in total. The van der Waals surface area contributed by atoms with Gasteiger partial charge in [0.2, 0.25) is 5.91 Å². The lowest BCUT2D eigenvalue weighted by Gasteiger charge is -2.36. The monoisotopic (exact) mass is 293 g/mol. The van der Waals surface area contributed by atoms with Crippen molar-refractivity contribution in [2.24, 2.45) is 0 Å². The van der Waals surface area contributed by atoms with Crippen molar-refractivity contribution in [1.82, 2.24) is 15.3 Å². The SMILES string of the molecule is CCCc1nc(N)c(C)c(N2CCOCC2C(=O)NC)n1. The maximum absolute atomic E-state index is 12.1. The number of aryl methyl sites for hydroxylation is 1. The molecule has 0 radical (unpaired) electrons. The average molecular weight is 293 g/mol. The van der Waals surface area contributed by atoms with Gasteiger partial charge in [0.15, 0.2) is 0 Å². The third-order valence-electron chi connectivity index (χ3n) is 3.63. The first kappa shape index (κ1) is 15.5. The van der Waals surface area contributed by atoms with Crippen LogP contribution in [-0.4, -0.2) is 48.7 Å². The standard InChI is InChI=1S/C14H23N5O2/c1-4-5-11-17-12(15)9(2)13(18-11)19-6-7-21-8-10(19)14(20)16-3/h10H,4-8H2,1-3H3,(H,16,20)(H2,15,17,18). The third-order valence-corrected chi connectivity index (χ3v) is 3.63. The number of aromatic nitrogens is 2. The largest absolute Gasteiger partial charge is 0.383 e. The zero-order valence-electron chi connectivity index (χ0n) is 12.8. The fourth-order valence-corrected chi connectivity index (χ4v) is 2.42. The molecule has 0 aromatic carbocycles. The van der Waals surface area contributed by atoms with Gasteiger partial charge in [-0.05, 0) is 13.3 Å². The molecular formula is C14H23N5O2. The number of nitrogens with two attached hydrogens (primary N) is 1. The first-order valence-electron chi connectivity index (χ1n) is 7.27. The molecule has 1 aromatic rings. The van der Waals surface area contributed by atoms with Crippen LogP contribution in [0.4, 0.5) is 11.6 Å². The number of hydrogen-bond acceptors (Lipinski definition) is 6. The Kier molecular flexibility index (Phi) is 4.95. The molecule has 116 valence electrons. The summed E-state index contributed by atoms with van der Waals surface area (Å²) in [7, 11) is 1.62. The van der Waals surface area contributed by atoms with Crippen LogP contribution in [0.2, 0.25) is 0 Å². The van der Waals surface area contributed by atoms with Gasteiger partial charge in [-0.15, -0.1) is 0 Å². The molecule has 1 atom stereocenters. The molecule has 21 heavy (non-hydrogen) atoms. The van der Waals surface area contributed by atoms with Crippen LogP contribution in [0.5, 0.6) is 0 Å². The minimum Gasteiger partial charge on any atom is -0.383 e. The van der Waals surface area contributed by atoms with Crippen LogP contribution in [-0.2, 0) is 16.0 Å². The van der Waals surface area contributed by atoms with Gasteiger partial charge in [-0.1, -0.05) is 6.92 Å². The average Bonchev–Trinajstić information content (AvgIpc) is 2.50. The second kappa shape index (κ2) is 6.71. The molecule has 7 heteroatoms. The topological polar surface area (TPSA) is 93.4 Å². The highest BCUT2D eigenvalue weighted by molar-refractivity contribution is 5.85. The first-order chi connectivity index (χ1) is 10.1. The van der Waals surface area contributed by atoms with Crippen molar-refractivity contribution in [3.8, 4) is 0 Å². The van der Waals surface area contributed by atoms with Crippen LogP contribution < -0.4 is 16.0 Å². The molecular weight excluding hydrogens is 270 g/mol. The van der Waals surface area contributed by atoms with E-state index in [2.05, 4.69) is 22.2 Å². The maximum Gasteiger partial charge on any atom is 0.244 e. The molecule has 0 aliphatic carbocycles. The van der Waals surface area contributed by atoms with Crippen LogP contribution in [0.3, 0.4) is 0 Å². The lowest BCUT2D eigenvalue weighted by atomic mass is 10.1. The molecule has 1 aromatic heterocycles. The highest BCUT2D eigenvalue weighted by Crippen LogP contribution is 2.25. The number of hydrogen-bond donors (Lipinski definition) is 2. The predicted octanol–water partition coefficient (Wildman–Crippen LogP) is 0.271. The van der Waals surface area contributed by atoms with Gasteiger partial charge in [0.25, 0.3) is 0 Å². The Labute approximate surface area is 124 Å². The summed E-state index contributed by atoms with van der Waals surface area (Å²) in [5, 5.41) is 2.67. The number of carbonyl (C=O) groups is 1. The number of likely N-dealkylation sites (N-methyl/N-ethyl adjacent to an activating group) is 1. The summed E-state index contributed by atoms with van der Waals surface area (Å²) < 4.78 is 5.43. The van der Waals surface area contributed by atoms with E-state index in [9.17, 15) is 4.79 Å². The smallest absolute Gasteiger partial charge is 0.244 e. The first-order valence-corrected chi connectivity index (χ1v) is 7.27. The van der Waals surface area contributed by atoms with Crippen molar-refractivity contribution in [1.29, 1.82) is 0 Å². The summed E-state index contributed by atoms with van der Waals surface area (Å²) >= 11 is 0. The molecule has 1 fully saturated rings. The number of nitrogens with one attached hydrogen (secondary N) is 1. The van der Waals surface area contributed by atoms with Crippen LogP contribution in [0.25, 0.3) is 0 Å². The van der Waals surface area contributed by atoms with Crippen molar-refractivity contribution < 1.29 is 9.53 Å². The van der Waals surface area contributed by atoms with Gasteiger partial charge >= 0.3 is 0 Å². The van der Waals surface area contributed by atoms with Crippen molar-refractivity contribution >= 4 is 17.5 Å². The summed E-state index contributed by atoms with van der Waals surface area (Å²) in [6, 6.07) is -0.383. The molecule has 0 saturated carbocycles. The molecule has 0 bridgehead atoms. The van der Waals surface area contributed by atoms with E-state index in [1.54, 1.807) is 7.05 Å². The van der Waals surface area contributed by atoms with E-state index in [4.69, 9.17) is 10.5 Å². The summed E-state index contributed by atoms with van der Waals surface area (Å²) in [6.45, 7) is 5.49. The molecule has 7 nitrogen and oxygen atoms in total. The van der Waals surface area contributed by atoms with E-state index in [0.29, 0.717) is 25.6 Å². The van der Waals surface area contributed by atoms with Crippen molar-refractivity contribution in [3.05, 3.63) is 11.4 Å². The Balaban J connectivity index is 2.39. The molecule has 1 aliphatic heterocycles. The van der Waals surface area contributed by atoms with E-state index in [-0.39, 0.29) is 11.9 Å². The Morgan fingerprint density at radius 2 is 2.29 bits per heavy atom. The number of nitrogen functional groups attached to an aromatic ring is 1. The molecule has 1 unspecified atom stereocenters. The highest BCUT2D eigenvalue weighted by Gasteiger charge is 2.31. The molecule has 1 amide bonds. The van der Waals surface area contributed by atoms with Crippen LogP contribution in [0.1, 0.15) is 24.7 Å². The minimum atomic E-state index is -0.383. The van der Waals surface area contributed by atoms with Gasteiger partial charge < -0.3 is 20.7 Å². The van der Waals surface area contributed by atoms with E-state index < -0.39 is 0 Å². The third kappa shape index (κ3) is 3.24. The predicted molar refractivity (Wildman–Crippen MR) is 81.2 cm³/mol. The molecule has 2 heterocycles. The maximum atomic E-state index is 12.1. The number of rotatable bonds is 4. The summed E-state index contributed by atoms with van der Waals surface area (Å²) in [5.41, 5.74) is 6.81. The summed E-state index contributed by atoms with van der Waals surface area (Å²) in [6.07, 6.45) is 1.72.